The number of ether oxygens (including phenoxy) is 1. The van der Waals surface area contributed by atoms with E-state index in [9.17, 15) is 4.79 Å². The first-order valence-corrected chi connectivity index (χ1v) is 10.5. The van der Waals surface area contributed by atoms with Crippen LogP contribution in [0, 0.1) is 0 Å². The van der Waals surface area contributed by atoms with Gasteiger partial charge in [0.1, 0.15) is 6.10 Å². The van der Waals surface area contributed by atoms with E-state index in [0.29, 0.717) is 6.42 Å². The fraction of sp³-hybridized carbons (Fsp3) is 0.696. The molecule has 1 rings (SSSR count). The summed E-state index contributed by atoms with van der Waals surface area (Å²) in [6.07, 6.45) is 15.1. The lowest BCUT2D eigenvalue weighted by Crippen LogP contribution is -2.18. The van der Waals surface area contributed by atoms with E-state index in [0.717, 1.165) is 25.7 Å². The molecule has 142 valence electrons. The maximum atomic E-state index is 12.1. The van der Waals surface area contributed by atoms with Crippen LogP contribution in [0.2, 0.25) is 0 Å². The van der Waals surface area contributed by atoms with Gasteiger partial charge in [0.05, 0.1) is 0 Å². The van der Waals surface area contributed by atoms with Crippen LogP contribution < -0.4 is 0 Å². The fourth-order valence-electron chi connectivity index (χ4n) is 3.23. The summed E-state index contributed by atoms with van der Waals surface area (Å²) < 4.78 is 5.73. The summed E-state index contributed by atoms with van der Waals surface area (Å²) in [4.78, 5) is 12.1. The molecular formula is C23H38O2. The van der Waals surface area contributed by atoms with Gasteiger partial charge in [-0.15, -0.1) is 0 Å². The zero-order chi connectivity index (χ0) is 18.2. The van der Waals surface area contributed by atoms with Crippen molar-refractivity contribution in [2.75, 3.05) is 0 Å². The molecule has 2 heteroatoms. The Kier molecular flexibility index (Phi) is 13.0. The van der Waals surface area contributed by atoms with Crippen molar-refractivity contribution >= 4 is 5.97 Å². The topological polar surface area (TPSA) is 26.3 Å². The summed E-state index contributed by atoms with van der Waals surface area (Å²) in [6.45, 7) is 4.42. The van der Waals surface area contributed by atoms with Gasteiger partial charge in [-0.1, -0.05) is 95.5 Å². The third-order valence-electron chi connectivity index (χ3n) is 4.75. The van der Waals surface area contributed by atoms with E-state index in [2.05, 4.69) is 26.0 Å². The van der Waals surface area contributed by atoms with Gasteiger partial charge in [0, 0.05) is 6.42 Å². The highest BCUT2D eigenvalue weighted by Crippen LogP contribution is 2.16. The molecule has 1 unspecified atom stereocenters. The predicted molar refractivity (Wildman–Crippen MR) is 107 cm³/mol. The van der Waals surface area contributed by atoms with Crippen molar-refractivity contribution in [1.29, 1.82) is 0 Å². The van der Waals surface area contributed by atoms with Crippen LogP contribution in [0.15, 0.2) is 30.3 Å². The Hall–Kier alpha value is -1.31. The van der Waals surface area contributed by atoms with Crippen LogP contribution >= 0.6 is 0 Å². The number of unbranched alkanes of at least 4 members (excludes halogenated alkanes) is 7. The van der Waals surface area contributed by atoms with Gasteiger partial charge in [-0.05, 0) is 31.2 Å². The SMILES string of the molecule is CCCCCCCCCCC(CCC)OC(=O)CCc1ccccc1. The average molecular weight is 347 g/mol. The molecule has 0 spiro atoms. The Balaban J connectivity index is 2.14. The van der Waals surface area contributed by atoms with Crippen molar-refractivity contribution in [2.24, 2.45) is 0 Å². The highest BCUT2D eigenvalue weighted by molar-refractivity contribution is 5.69. The van der Waals surface area contributed by atoms with E-state index in [1.807, 2.05) is 18.2 Å². The van der Waals surface area contributed by atoms with Crippen LogP contribution in [0.1, 0.15) is 96.5 Å². The molecule has 0 fully saturated rings. The largest absolute Gasteiger partial charge is 0.462 e. The lowest BCUT2D eigenvalue weighted by atomic mass is 10.0. The van der Waals surface area contributed by atoms with Crippen molar-refractivity contribution < 1.29 is 9.53 Å². The van der Waals surface area contributed by atoms with E-state index in [4.69, 9.17) is 4.74 Å². The number of hydrogen-bond donors (Lipinski definition) is 0. The Bertz CT molecular complexity index is 427. The smallest absolute Gasteiger partial charge is 0.306 e. The molecule has 1 aromatic rings. The van der Waals surface area contributed by atoms with Crippen LogP contribution in [0.3, 0.4) is 0 Å². The monoisotopic (exact) mass is 346 g/mol. The van der Waals surface area contributed by atoms with E-state index in [1.165, 1.54) is 56.9 Å². The maximum Gasteiger partial charge on any atom is 0.306 e. The van der Waals surface area contributed by atoms with Gasteiger partial charge >= 0.3 is 5.97 Å². The van der Waals surface area contributed by atoms with Crippen molar-refractivity contribution in [3.8, 4) is 0 Å². The number of rotatable bonds is 15. The molecule has 0 aliphatic carbocycles. The molecular weight excluding hydrogens is 308 g/mol. The van der Waals surface area contributed by atoms with Gasteiger partial charge in [0.2, 0.25) is 0 Å². The first kappa shape index (κ1) is 21.7. The lowest BCUT2D eigenvalue weighted by molar-refractivity contribution is -0.149. The zero-order valence-corrected chi connectivity index (χ0v) is 16.5. The van der Waals surface area contributed by atoms with E-state index in [1.54, 1.807) is 0 Å². The molecule has 25 heavy (non-hydrogen) atoms. The van der Waals surface area contributed by atoms with Gasteiger partial charge in [-0.3, -0.25) is 4.79 Å². The van der Waals surface area contributed by atoms with Crippen LogP contribution in [-0.2, 0) is 16.0 Å². The predicted octanol–water partition coefficient (Wildman–Crippen LogP) is 6.86. The fourth-order valence-corrected chi connectivity index (χ4v) is 3.23. The first-order chi connectivity index (χ1) is 12.3. The van der Waals surface area contributed by atoms with Gasteiger partial charge in [-0.25, -0.2) is 0 Å². The standard InChI is InChI=1S/C23H38O2/c1-3-5-6-7-8-9-10-14-18-22(15-4-2)25-23(24)20-19-21-16-12-11-13-17-21/h11-13,16-17,22H,3-10,14-15,18-20H2,1-2H3. The van der Waals surface area contributed by atoms with Crippen molar-refractivity contribution in [2.45, 2.75) is 103 Å². The van der Waals surface area contributed by atoms with Gasteiger partial charge in [-0.2, -0.15) is 0 Å². The summed E-state index contributed by atoms with van der Waals surface area (Å²) in [6, 6.07) is 10.2. The molecule has 0 bridgehead atoms. The molecule has 0 heterocycles. The number of benzene rings is 1. The number of carbonyl (C=O) groups is 1. The first-order valence-electron chi connectivity index (χ1n) is 10.5. The molecule has 1 aromatic carbocycles. The third kappa shape index (κ3) is 11.8. The second-order valence-corrected chi connectivity index (χ2v) is 7.15. The molecule has 2 nitrogen and oxygen atoms in total. The third-order valence-corrected chi connectivity index (χ3v) is 4.75. The summed E-state index contributed by atoms with van der Waals surface area (Å²) in [5, 5.41) is 0. The Morgan fingerprint density at radius 2 is 1.48 bits per heavy atom. The number of aryl methyl sites for hydroxylation is 1. The summed E-state index contributed by atoms with van der Waals surface area (Å²) in [5.41, 5.74) is 1.20. The highest BCUT2D eigenvalue weighted by atomic mass is 16.5. The van der Waals surface area contributed by atoms with E-state index in [-0.39, 0.29) is 12.1 Å². The summed E-state index contributed by atoms with van der Waals surface area (Å²) in [5.74, 6) is -0.0399. The Labute approximate surface area is 155 Å². The molecule has 0 N–H and O–H groups in total. The minimum atomic E-state index is -0.0399. The van der Waals surface area contributed by atoms with Crippen LogP contribution in [0.5, 0.6) is 0 Å². The zero-order valence-electron chi connectivity index (χ0n) is 16.5. The van der Waals surface area contributed by atoms with Crippen LogP contribution in [0.4, 0.5) is 0 Å². The van der Waals surface area contributed by atoms with Crippen molar-refractivity contribution in [3.63, 3.8) is 0 Å². The van der Waals surface area contributed by atoms with Gasteiger partial charge < -0.3 is 4.74 Å². The number of esters is 1. The quantitative estimate of drug-likeness (QED) is 0.256. The molecule has 0 amide bonds. The van der Waals surface area contributed by atoms with E-state index < -0.39 is 0 Å². The average Bonchev–Trinajstić information content (AvgIpc) is 2.63. The molecule has 0 aromatic heterocycles. The van der Waals surface area contributed by atoms with Gasteiger partial charge in [0.25, 0.3) is 0 Å². The minimum absolute atomic E-state index is 0.0399. The molecule has 0 radical (unpaired) electrons. The second kappa shape index (κ2) is 15.0. The highest BCUT2D eigenvalue weighted by Gasteiger charge is 2.13. The minimum Gasteiger partial charge on any atom is -0.462 e. The number of hydrogen-bond acceptors (Lipinski definition) is 2. The van der Waals surface area contributed by atoms with Crippen LogP contribution in [0.25, 0.3) is 0 Å². The summed E-state index contributed by atoms with van der Waals surface area (Å²) in [7, 11) is 0. The summed E-state index contributed by atoms with van der Waals surface area (Å²) >= 11 is 0. The molecule has 0 aliphatic heterocycles. The second-order valence-electron chi connectivity index (χ2n) is 7.15. The van der Waals surface area contributed by atoms with E-state index >= 15 is 0 Å². The normalized spacial score (nSPS) is 12.1. The van der Waals surface area contributed by atoms with Crippen LogP contribution in [-0.4, -0.2) is 12.1 Å². The Morgan fingerprint density at radius 1 is 0.840 bits per heavy atom. The van der Waals surface area contributed by atoms with Crippen molar-refractivity contribution in [1.82, 2.24) is 0 Å². The maximum absolute atomic E-state index is 12.1. The van der Waals surface area contributed by atoms with Crippen molar-refractivity contribution in [3.05, 3.63) is 35.9 Å². The number of carbonyl (C=O) groups excluding carboxylic acids is 1. The molecule has 0 aliphatic rings. The Morgan fingerprint density at radius 3 is 2.12 bits per heavy atom. The van der Waals surface area contributed by atoms with Gasteiger partial charge in [0.15, 0.2) is 0 Å². The molecule has 1 atom stereocenters. The molecule has 0 saturated heterocycles. The molecule has 0 saturated carbocycles. The lowest BCUT2D eigenvalue weighted by Gasteiger charge is -2.17.